The molecule has 1 amide bonds. The molecule has 0 radical (unpaired) electrons. The van der Waals surface area contributed by atoms with Crippen molar-refractivity contribution in [3.05, 3.63) is 35.4 Å². The van der Waals surface area contributed by atoms with E-state index in [0.717, 1.165) is 6.54 Å². The van der Waals surface area contributed by atoms with Gasteiger partial charge in [-0.3, -0.25) is 9.59 Å². The molecule has 1 aromatic carbocycles. The Bertz CT molecular complexity index is 480. The molecular weight excluding hydrogens is 242 g/mol. The van der Waals surface area contributed by atoms with Crippen molar-refractivity contribution in [2.75, 3.05) is 13.6 Å². The average molecular weight is 261 g/mol. The van der Waals surface area contributed by atoms with Crippen LogP contribution < -0.4 is 0 Å². The minimum atomic E-state index is -0.915. The highest BCUT2D eigenvalue weighted by Crippen LogP contribution is 2.27. The second-order valence-corrected chi connectivity index (χ2v) is 5.21. The smallest absolute Gasteiger partial charge is 0.307 e. The predicted molar refractivity (Wildman–Crippen MR) is 72.1 cm³/mol. The van der Waals surface area contributed by atoms with Crippen LogP contribution in [0.25, 0.3) is 0 Å². The fourth-order valence-corrected chi connectivity index (χ4v) is 2.40. The van der Waals surface area contributed by atoms with Crippen molar-refractivity contribution in [3.63, 3.8) is 0 Å². The maximum atomic E-state index is 12.4. The Morgan fingerprint density at radius 1 is 1.32 bits per heavy atom. The van der Waals surface area contributed by atoms with Gasteiger partial charge in [0.25, 0.3) is 5.91 Å². The molecule has 0 bridgehead atoms. The minimum absolute atomic E-state index is 0.0799. The lowest BCUT2D eigenvalue weighted by atomic mass is 9.85. The Labute approximate surface area is 113 Å². The van der Waals surface area contributed by atoms with Crippen molar-refractivity contribution in [1.29, 1.82) is 0 Å². The first-order valence-corrected chi connectivity index (χ1v) is 6.63. The summed E-state index contributed by atoms with van der Waals surface area (Å²) in [5, 5.41) is 8.88. The molecule has 1 aliphatic rings. The quantitative estimate of drug-likeness (QED) is 0.884. The molecule has 19 heavy (non-hydrogen) atoms. The van der Waals surface area contributed by atoms with Gasteiger partial charge < -0.3 is 10.0 Å². The molecule has 102 valence electrons. The van der Waals surface area contributed by atoms with Gasteiger partial charge in [0.2, 0.25) is 0 Å². The van der Waals surface area contributed by atoms with Crippen LogP contribution in [-0.4, -0.2) is 35.5 Å². The van der Waals surface area contributed by atoms with Crippen LogP contribution in [0.2, 0.25) is 0 Å². The third-order valence-electron chi connectivity index (χ3n) is 3.69. The number of carboxylic acids is 1. The van der Waals surface area contributed by atoms with Gasteiger partial charge in [-0.25, -0.2) is 0 Å². The van der Waals surface area contributed by atoms with Gasteiger partial charge in [0.05, 0.1) is 6.42 Å². The summed E-state index contributed by atoms with van der Waals surface area (Å²) in [4.78, 5) is 24.9. The largest absolute Gasteiger partial charge is 0.481 e. The monoisotopic (exact) mass is 261 g/mol. The van der Waals surface area contributed by atoms with E-state index in [1.54, 1.807) is 36.2 Å². The van der Waals surface area contributed by atoms with Crippen LogP contribution in [0.15, 0.2) is 24.3 Å². The van der Waals surface area contributed by atoms with Crippen molar-refractivity contribution in [1.82, 2.24) is 4.90 Å². The summed E-state index contributed by atoms with van der Waals surface area (Å²) in [7, 11) is 1.79. The summed E-state index contributed by atoms with van der Waals surface area (Å²) >= 11 is 0. The van der Waals surface area contributed by atoms with Crippen molar-refractivity contribution in [3.8, 4) is 0 Å². The maximum Gasteiger partial charge on any atom is 0.307 e. The first-order valence-electron chi connectivity index (χ1n) is 6.63. The van der Waals surface area contributed by atoms with Crippen molar-refractivity contribution in [2.24, 2.45) is 5.92 Å². The second-order valence-electron chi connectivity index (χ2n) is 5.21. The standard InChI is InChI=1S/C15H19NO3/c1-16(10-11-5-4-6-11)15(19)13-8-3-2-7-12(13)9-14(17)18/h2-3,7-8,11H,4-6,9-10H2,1H3,(H,17,18). The molecule has 1 aliphatic carbocycles. The lowest BCUT2D eigenvalue weighted by molar-refractivity contribution is -0.136. The predicted octanol–water partition coefficient (Wildman–Crippen LogP) is 2.19. The zero-order chi connectivity index (χ0) is 13.8. The Hall–Kier alpha value is -1.84. The molecule has 4 heteroatoms. The highest BCUT2D eigenvalue weighted by molar-refractivity contribution is 5.96. The topological polar surface area (TPSA) is 57.6 Å². The number of benzene rings is 1. The number of aliphatic carboxylic acids is 1. The van der Waals surface area contributed by atoms with Crippen LogP contribution in [0.3, 0.4) is 0 Å². The third kappa shape index (κ3) is 3.34. The lowest BCUT2D eigenvalue weighted by Gasteiger charge is -2.30. The minimum Gasteiger partial charge on any atom is -0.481 e. The molecular formula is C15H19NO3. The number of carbonyl (C=O) groups excluding carboxylic acids is 1. The molecule has 0 heterocycles. The van der Waals surface area contributed by atoms with E-state index in [2.05, 4.69) is 0 Å². The Morgan fingerprint density at radius 2 is 2.00 bits per heavy atom. The third-order valence-corrected chi connectivity index (χ3v) is 3.69. The van der Waals surface area contributed by atoms with Crippen molar-refractivity contribution in [2.45, 2.75) is 25.7 Å². The molecule has 0 saturated heterocycles. The van der Waals surface area contributed by atoms with Gasteiger partial charge in [-0.1, -0.05) is 24.6 Å². The van der Waals surface area contributed by atoms with E-state index < -0.39 is 5.97 Å². The Morgan fingerprint density at radius 3 is 2.58 bits per heavy atom. The zero-order valence-corrected chi connectivity index (χ0v) is 11.1. The van der Waals surface area contributed by atoms with Gasteiger partial charge in [0, 0.05) is 19.2 Å². The van der Waals surface area contributed by atoms with Gasteiger partial charge in [0.1, 0.15) is 0 Å². The summed E-state index contributed by atoms with van der Waals surface area (Å²) in [6.45, 7) is 0.764. The first-order chi connectivity index (χ1) is 9.08. The van der Waals surface area contributed by atoms with E-state index in [0.29, 0.717) is 17.0 Å². The summed E-state index contributed by atoms with van der Waals surface area (Å²) in [6, 6.07) is 6.95. The summed E-state index contributed by atoms with van der Waals surface area (Å²) in [5.41, 5.74) is 1.09. The molecule has 0 aliphatic heterocycles. The van der Waals surface area contributed by atoms with Gasteiger partial charge in [-0.2, -0.15) is 0 Å². The second kappa shape index (κ2) is 5.87. The van der Waals surface area contributed by atoms with Gasteiger partial charge in [-0.05, 0) is 30.4 Å². The number of carbonyl (C=O) groups is 2. The normalized spacial score (nSPS) is 14.8. The summed E-state index contributed by atoms with van der Waals surface area (Å²) < 4.78 is 0. The highest BCUT2D eigenvalue weighted by Gasteiger charge is 2.23. The van der Waals surface area contributed by atoms with Crippen molar-refractivity contribution < 1.29 is 14.7 Å². The van der Waals surface area contributed by atoms with E-state index in [4.69, 9.17) is 5.11 Å². The fourth-order valence-electron chi connectivity index (χ4n) is 2.40. The van der Waals surface area contributed by atoms with Crippen LogP contribution in [0, 0.1) is 5.92 Å². The van der Waals surface area contributed by atoms with E-state index in [1.165, 1.54) is 19.3 Å². The number of hydrogen-bond acceptors (Lipinski definition) is 2. The van der Waals surface area contributed by atoms with E-state index >= 15 is 0 Å². The molecule has 2 rings (SSSR count). The van der Waals surface area contributed by atoms with E-state index in [9.17, 15) is 9.59 Å². The molecule has 0 spiro atoms. The van der Waals surface area contributed by atoms with Crippen LogP contribution in [0.4, 0.5) is 0 Å². The van der Waals surface area contributed by atoms with Gasteiger partial charge in [0.15, 0.2) is 0 Å². The van der Waals surface area contributed by atoms with E-state index in [1.807, 2.05) is 0 Å². The van der Waals surface area contributed by atoms with Crippen LogP contribution in [0.5, 0.6) is 0 Å². The molecule has 1 fully saturated rings. The molecule has 1 aromatic rings. The summed E-state index contributed by atoms with van der Waals surface area (Å²) in [5.74, 6) is -0.383. The summed E-state index contributed by atoms with van der Waals surface area (Å²) in [6.07, 6.45) is 3.52. The average Bonchev–Trinajstić information content (AvgIpc) is 2.32. The van der Waals surface area contributed by atoms with Gasteiger partial charge >= 0.3 is 5.97 Å². The van der Waals surface area contributed by atoms with Crippen LogP contribution in [0.1, 0.15) is 35.2 Å². The van der Waals surface area contributed by atoms with Crippen molar-refractivity contribution >= 4 is 11.9 Å². The van der Waals surface area contributed by atoms with E-state index in [-0.39, 0.29) is 12.3 Å². The molecule has 4 nitrogen and oxygen atoms in total. The number of carboxylic acid groups (broad SMARTS) is 1. The molecule has 1 N–H and O–H groups in total. The highest BCUT2D eigenvalue weighted by atomic mass is 16.4. The number of amides is 1. The fraction of sp³-hybridized carbons (Fsp3) is 0.467. The SMILES string of the molecule is CN(CC1CCC1)C(=O)c1ccccc1CC(=O)O. The van der Waals surface area contributed by atoms with Crippen LogP contribution >= 0.6 is 0 Å². The maximum absolute atomic E-state index is 12.4. The van der Waals surface area contributed by atoms with Crippen LogP contribution in [-0.2, 0) is 11.2 Å². The molecule has 0 unspecified atom stereocenters. The molecule has 1 saturated carbocycles. The Kier molecular flexibility index (Phi) is 4.20. The number of hydrogen-bond donors (Lipinski definition) is 1. The molecule has 0 atom stereocenters. The molecule has 0 aromatic heterocycles. The van der Waals surface area contributed by atoms with Gasteiger partial charge in [-0.15, -0.1) is 0 Å². The first kappa shape index (κ1) is 13.6. The number of rotatable bonds is 5. The lowest BCUT2D eigenvalue weighted by Crippen LogP contribution is -2.34. The zero-order valence-electron chi connectivity index (χ0n) is 11.1. The number of nitrogens with zero attached hydrogens (tertiary/aromatic N) is 1. The Balaban J connectivity index is 2.10.